The molecule has 0 aromatic heterocycles. The van der Waals surface area contributed by atoms with Crippen LogP contribution < -0.4 is 0 Å². The normalized spacial score (nSPS) is 39.8. The summed E-state index contributed by atoms with van der Waals surface area (Å²) in [5.41, 5.74) is 0.0826. The predicted octanol–water partition coefficient (Wildman–Crippen LogP) is 2.72. The Kier molecular flexibility index (Phi) is 3.19. The van der Waals surface area contributed by atoms with Crippen LogP contribution in [-0.2, 0) is 19.1 Å². The van der Waals surface area contributed by atoms with Crippen molar-refractivity contribution in [3.05, 3.63) is 12.2 Å². The van der Waals surface area contributed by atoms with Crippen LogP contribution in [0.4, 0.5) is 0 Å². The second-order valence-corrected chi connectivity index (χ2v) is 7.27. The molecular formula is C17H24O4. The molecule has 3 aliphatic carbocycles. The number of esters is 2. The Morgan fingerprint density at radius 2 is 1.81 bits per heavy atom. The summed E-state index contributed by atoms with van der Waals surface area (Å²) in [5, 5.41) is 0. The number of fused-ring (bicyclic) bond motifs is 3. The van der Waals surface area contributed by atoms with Crippen molar-refractivity contribution < 1.29 is 19.1 Å². The Morgan fingerprint density at radius 1 is 1.19 bits per heavy atom. The average molecular weight is 292 g/mol. The van der Waals surface area contributed by atoms with E-state index in [1.807, 2.05) is 0 Å². The van der Waals surface area contributed by atoms with Crippen molar-refractivity contribution in [2.24, 2.45) is 28.6 Å². The lowest BCUT2D eigenvalue weighted by molar-refractivity contribution is -0.174. The summed E-state index contributed by atoms with van der Waals surface area (Å²) in [4.78, 5) is 25.1. The zero-order chi connectivity index (χ0) is 15.4. The van der Waals surface area contributed by atoms with Crippen molar-refractivity contribution >= 4 is 11.9 Å². The highest BCUT2D eigenvalue weighted by atomic mass is 16.5. The standard InChI is InChI=1S/C17H24O4/c1-10-5-6-11-9-16(2)7-8-17(14(18)20-3,15(19)21-4)13(16)12(10)11/h11-13H,1,5-9H2,2-4H3/t11-,12-,13+,16-/m1/s1. The quantitative estimate of drug-likeness (QED) is 0.446. The average Bonchev–Trinajstić information content (AvgIpc) is 3.05. The second-order valence-electron chi connectivity index (χ2n) is 7.27. The largest absolute Gasteiger partial charge is 0.468 e. The van der Waals surface area contributed by atoms with Gasteiger partial charge in [0.05, 0.1) is 14.2 Å². The summed E-state index contributed by atoms with van der Waals surface area (Å²) in [7, 11) is 2.72. The molecule has 4 atom stereocenters. The highest BCUT2D eigenvalue weighted by Gasteiger charge is 2.71. The summed E-state index contributed by atoms with van der Waals surface area (Å²) in [6.07, 6.45) is 4.64. The van der Waals surface area contributed by atoms with Gasteiger partial charge in [0.2, 0.25) is 0 Å². The van der Waals surface area contributed by atoms with E-state index in [-0.39, 0.29) is 17.3 Å². The van der Waals surface area contributed by atoms with Gasteiger partial charge in [-0.3, -0.25) is 9.59 Å². The van der Waals surface area contributed by atoms with Gasteiger partial charge < -0.3 is 9.47 Å². The molecule has 0 N–H and O–H groups in total. The smallest absolute Gasteiger partial charge is 0.323 e. The van der Waals surface area contributed by atoms with Crippen LogP contribution in [-0.4, -0.2) is 26.2 Å². The molecule has 3 aliphatic rings. The molecule has 0 aromatic carbocycles. The van der Waals surface area contributed by atoms with Gasteiger partial charge in [-0.05, 0) is 55.3 Å². The molecule has 0 aromatic rings. The van der Waals surface area contributed by atoms with Crippen molar-refractivity contribution in [2.75, 3.05) is 14.2 Å². The minimum Gasteiger partial charge on any atom is -0.468 e. The summed E-state index contributed by atoms with van der Waals surface area (Å²) < 4.78 is 10.1. The topological polar surface area (TPSA) is 52.6 Å². The van der Waals surface area contributed by atoms with Crippen LogP contribution >= 0.6 is 0 Å². The molecule has 0 heterocycles. The third-order valence-electron chi connectivity index (χ3n) is 6.37. The van der Waals surface area contributed by atoms with E-state index in [0.717, 1.165) is 25.7 Å². The van der Waals surface area contributed by atoms with Crippen molar-refractivity contribution in [2.45, 2.75) is 39.0 Å². The first-order valence-corrected chi connectivity index (χ1v) is 7.75. The van der Waals surface area contributed by atoms with E-state index in [1.165, 1.54) is 19.8 Å². The van der Waals surface area contributed by atoms with Gasteiger partial charge in [-0.15, -0.1) is 0 Å². The Labute approximate surface area is 125 Å². The van der Waals surface area contributed by atoms with Gasteiger partial charge >= 0.3 is 11.9 Å². The molecule has 3 saturated carbocycles. The first kappa shape index (κ1) is 14.6. The molecule has 3 fully saturated rings. The van der Waals surface area contributed by atoms with Gasteiger partial charge in [0.1, 0.15) is 0 Å². The van der Waals surface area contributed by atoms with E-state index in [9.17, 15) is 9.59 Å². The predicted molar refractivity (Wildman–Crippen MR) is 77.3 cm³/mol. The van der Waals surface area contributed by atoms with Gasteiger partial charge in [0.15, 0.2) is 5.41 Å². The second kappa shape index (κ2) is 4.59. The van der Waals surface area contributed by atoms with Gasteiger partial charge in [-0.25, -0.2) is 0 Å². The van der Waals surface area contributed by atoms with E-state index in [0.29, 0.717) is 12.3 Å². The third kappa shape index (κ3) is 1.68. The molecule has 0 aliphatic heterocycles. The molecule has 116 valence electrons. The van der Waals surface area contributed by atoms with Crippen molar-refractivity contribution in [1.82, 2.24) is 0 Å². The van der Waals surface area contributed by atoms with Crippen LogP contribution in [0.1, 0.15) is 39.0 Å². The highest BCUT2D eigenvalue weighted by Crippen LogP contribution is 2.70. The Morgan fingerprint density at radius 3 is 2.38 bits per heavy atom. The zero-order valence-corrected chi connectivity index (χ0v) is 13.1. The minimum atomic E-state index is -1.13. The number of methoxy groups -OCH3 is 2. The lowest BCUT2D eigenvalue weighted by atomic mass is 9.66. The molecule has 0 radical (unpaired) electrons. The number of carbonyl (C=O) groups is 2. The Hall–Kier alpha value is -1.32. The maximum Gasteiger partial charge on any atom is 0.323 e. The SMILES string of the molecule is C=C1CC[C@@H]2C[C@@]3(C)CCC(C(=O)OC)(C(=O)OC)[C@H]3[C@H]12. The maximum absolute atomic E-state index is 12.6. The number of hydrogen-bond acceptors (Lipinski definition) is 4. The zero-order valence-electron chi connectivity index (χ0n) is 13.1. The minimum absolute atomic E-state index is 0.0150. The fourth-order valence-corrected chi connectivity index (χ4v) is 5.65. The number of carbonyl (C=O) groups excluding carboxylic acids is 2. The molecule has 4 heteroatoms. The summed E-state index contributed by atoms with van der Waals surface area (Å²) in [6.45, 7) is 6.44. The van der Waals surface area contributed by atoms with Crippen LogP contribution in [0.5, 0.6) is 0 Å². The molecular weight excluding hydrogens is 268 g/mol. The van der Waals surface area contributed by atoms with Crippen LogP contribution in [0.15, 0.2) is 12.2 Å². The van der Waals surface area contributed by atoms with Crippen LogP contribution in [0.25, 0.3) is 0 Å². The van der Waals surface area contributed by atoms with Crippen LogP contribution in [0, 0.1) is 28.6 Å². The summed E-state index contributed by atoms with van der Waals surface area (Å²) in [5.74, 6) is -0.0612. The van der Waals surface area contributed by atoms with Crippen molar-refractivity contribution in [3.8, 4) is 0 Å². The number of allylic oxidation sites excluding steroid dienone is 1. The Balaban J connectivity index is 2.11. The van der Waals surface area contributed by atoms with E-state index in [4.69, 9.17) is 9.47 Å². The monoisotopic (exact) mass is 292 g/mol. The lowest BCUT2D eigenvalue weighted by Gasteiger charge is -2.36. The van der Waals surface area contributed by atoms with Gasteiger partial charge in [-0.1, -0.05) is 19.1 Å². The molecule has 0 spiro atoms. The first-order valence-electron chi connectivity index (χ1n) is 7.75. The van der Waals surface area contributed by atoms with E-state index < -0.39 is 17.4 Å². The fourth-order valence-electron chi connectivity index (χ4n) is 5.65. The number of ether oxygens (including phenoxy) is 2. The van der Waals surface area contributed by atoms with Crippen LogP contribution in [0.2, 0.25) is 0 Å². The van der Waals surface area contributed by atoms with Crippen LogP contribution in [0.3, 0.4) is 0 Å². The molecule has 4 nitrogen and oxygen atoms in total. The van der Waals surface area contributed by atoms with E-state index >= 15 is 0 Å². The van der Waals surface area contributed by atoms with Gasteiger partial charge in [0, 0.05) is 0 Å². The summed E-state index contributed by atoms with van der Waals surface area (Å²) >= 11 is 0. The molecule has 0 unspecified atom stereocenters. The molecule has 0 saturated heterocycles. The van der Waals surface area contributed by atoms with E-state index in [1.54, 1.807) is 0 Å². The molecule has 21 heavy (non-hydrogen) atoms. The lowest BCUT2D eigenvalue weighted by Crippen LogP contribution is -2.48. The Bertz CT molecular complexity index is 493. The van der Waals surface area contributed by atoms with Gasteiger partial charge in [0.25, 0.3) is 0 Å². The third-order valence-corrected chi connectivity index (χ3v) is 6.37. The van der Waals surface area contributed by atoms with Gasteiger partial charge in [-0.2, -0.15) is 0 Å². The van der Waals surface area contributed by atoms with E-state index in [2.05, 4.69) is 13.5 Å². The summed E-state index contributed by atoms with van der Waals surface area (Å²) in [6, 6.07) is 0. The fraction of sp³-hybridized carbons (Fsp3) is 0.765. The number of rotatable bonds is 2. The first-order chi connectivity index (χ1) is 9.90. The highest BCUT2D eigenvalue weighted by molar-refractivity contribution is 6.01. The molecule has 3 rings (SSSR count). The molecule has 0 bridgehead atoms. The molecule has 0 amide bonds. The number of hydrogen-bond donors (Lipinski definition) is 0. The van der Waals surface area contributed by atoms with Crippen molar-refractivity contribution in [1.29, 1.82) is 0 Å². The van der Waals surface area contributed by atoms with Crippen molar-refractivity contribution in [3.63, 3.8) is 0 Å². The maximum atomic E-state index is 12.6.